The van der Waals surface area contributed by atoms with Crippen LogP contribution >= 0.6 is 0 Å². The second kappa shape index (κ2) is 7.41. The van der Waals surface area contributed by atoms with Gasteiger partial charge in [0.2, 0.25) is 0 Å². The van der Waals surface area contributed by atoms with Crippen LogP contribution in [0.2, 0.25) is 0 Å². The van der Waals surface area contributed by atoms with Gasteiger partial charge in [-0.2, -0.15) is 4.74 Å². The Bertz CT molecular complexity index is 927. The summed E-state index contributed by atoms with van der Waals surface area (Å²) in [5, 5.41) is 0.441. The van der Waals surface area contributed by atoms with Gasteiger partial charge >= 0.3 is 0 Å². The molecule has 0 aliphatic carbocycles. The first-order chi connectivity index (χ1) is 12.7. The number of hydrogen-bond acceptors (Lipinski definition) is 4. The standard InChI is InChI=1S/C20H22FN3O2/c21-16-4-5-18-19(13-16)26-24(20(18)25)12-8-15-6-10-23(11-7-15)14-17-3-1-2-9-22-17/h1-5,9,13,15H,6-8,10-12,14H2. The number of halogens is 1. The molecule has 0 saturated carbocycles. The topological polar surface area (TPSA) is 51.3 Å². The van der Waals surface area contributed by atoms with Crippen molar-refractivity contribution in [2.45, 2.75) is 32.4 Å². The van der Waals surface area contributed by atoms with E-state index < -0.39 is 5.82 Å². The maximum Gasteiger partial charge on any atom is 0.290 e. The number of pyridine rings is 1. The Kier molecular flexibility index (Phi) is 4.84. The maximum absolute atomic E-state index is 13.3. The zero-order valence-corrected chi connectivity index (χ0v) is 14.6. The third-order valence-corrected chi connectivity index (χ3v) is 5.17. The lowest BCUT2D eigenvalue weighted by atomic mass is 9.93. The number of aryl methyl sites for hydroxylation is 1. The summed E-state index contributed by atoms with van der Waals surface area (Å²) in [6.45, 7) is 3.52. The minimum absolute atomic E-state index is 0.174. The summed E-state index contributed by atoms with van der Waals surface area (Å²) < 4.78 is 20.1. The predicted octanol–water partition coefficient (Wildman–Crippen LogP) is 3.43. The molecule has 26 heavy (non-hydrogen) atoms. The maximum atomic E-state index is 13.3. The van der Waals surface area contributed by atoms with Crippen molar-refractivity contribution < 1.29 is 8.91 Å². The van der Waals surface area contributed by atoms with Crippen molar-refractivity contribution in [1.82, 2.24) is 14.6 Å². The van der Waals surface area contributed by atoms with Crippen LogP contribution in [0.25, 0.3) is 11.0 Å². The van der Waals surface area contributed by atoms with Crippen LogP contribution < -0.4 is 5.56 Å². The molecular formula is C20H22FN3O2. The molecule has 0 unspecified atom stereocenters. The number of nitrogens with zero attached hydrogens (tertiary/aromatic N) is 3. The molecule has 1 aliphatic rings. The second-order valence-electron chi connectivity index (χ2n) is 6.97. The van der Waals surface area contributed by atoms with Gasteiger partial charge in [-0.1, -0.05) is 6.07 Å². The zero-order chi connectivity index (χ0) is 17.9. The van der Waals surface area contributed by atoms with Crippen LogP contribution in [0, 0.1) is 11.7 Å². The van der Waals surface area contributed by atoms with E-state index in [2.05, 4.69) is 16.0 Å². The van der Waals surface area contributed by atoms with E-state index in [4.69, 9.17) is 4.52 Å². The molecule has 0 N–H and O–H groups in total. The molecule has 0 spiro atoms. The summed E-state index contributed by atoms with van der Waals surface area (Å²) in [6.07, 6.45) is 4.95. The molecule has 136 valence electrons. The molecule has 4 rings (SSSR count). The number of piperidine rings is 1. The molecule has 0 amide bonds. The average molecular weight is 355 g/mol. The SMILES string of the molecule is O=c1c2ccc(F)cc2on1CCC1CCN(Cc2ccccn2)CC1. The molecule has 0 radical (unpaired) electrons. The molecular weight excluding hydrogens is 333 g/mol. The largest absolute Gasteiger partial charge is 0.376 e. The molecule has 6 heteroatoms. The first kappa shape index (κ1) is 17.0. The van der Waals surface area contributed by atoms with Gasteiger partial charge in [-0.05, 0) is 62.5 Å². The molecule has 0 bridgehead atoms. The van der Waals surface area contributed by atoms with E-state index in [1.54, 1.807) is 0 Å². The number of rotatable bonds is 5. The fourth-order valence-electron chi connectivity index (χ4n) is 3.64. The van der Waals surface area contributed by atoms with Gasteiger partial charge in [0, 0.05) is 18.8 Å². The highest BCUT2D eigenvalue weighted by atomic mass is 19.1. The molecule has 3 heterocycles. The first-order valence-corrected chi connectivity index (χ1v) is 9.11. The van der Waals surface area contributed by atoms with Crippen LogP contribution in [-0.4, -0.2) is 27.7 Å². The van der Waals surface area contributed by atoms with Crippen molar-refractivity contribution in [2.75, 3.05) is 13.1 Å². The van der Waals surface area contributed by atoms with E-state index in [0.717, 1.165) is 44.6 Å². The fourth-order valence-corrected chi connectivity index (χ4v) is 3.64. The minimum Gasteiger partial charge on any atom is -0.376 e. The number of fused-ring (bicyclic) bond motifs is 1. The van der Waals surface area contributed by atoms with E-state index in [1.807, 2.05) is 18.3 Å². The lowest BCUT2D eigenvalue weighted by Crippen LogP contribution is -2.34. The Hall–Kier alpha value is -2.47. The van der Waals surface area contributed by atoms with Crippen LogP contribution in [0.3, 0.4) is 0 Å². The van der Waals surface area contributed by atoms with Crippen molar-refractivity contribution in [3.05, 3.63) is 64.5 Å². The first-order valence-electron chi connectivity index (χ1n) is 9.11. The second-order valence-corrected chi connectivity index (χ2v) is 6.97. The molecule has 1 aliphatic heterocycles. The highest BCUT2D eigenvalue weighted by Gasteiger charge is 2.20. The van der Waals surface area contributed by atoms with Gasteiger partial charge in [-0.3, -0.25) is 14.7 Å². The monoisotopic (exact) mass is 355 g/mol. The third kappa shape index (κ3) is 3.70. The van der Waals surface area contributed by atoms with Crippen molar-refractivity contribution in [2.24, 2.45) is 5.92 Å². The molecule has 2 aromatic heterocycles. The van der Waals surface area contributed by atoms with E-state index in [1.165, 1.54) is 22.9 Å². The van der Waals surface area contributed by atoms with Gasteiger partial charge in [0.15, 0.2) is 5.58 Å². The molecule has 1 fully saturated rings. The van der Waals surface area contributed by atoms with E-state index in [9.17, 15) is 9.18 Å². The lowest BCUT2D eigenvalue weighted by Gasteiger charge is -2.31. The van der Waals surface area contributed by atoms with Crippen LogP contribution in [-0.2, 0) is 13.1 Å². The Morgan fingerprint density at radius 2 is 2.04 bits per heavy atom. The summed E-state index contributed by atoms with van der Waals surface area (Å²) in [5.74, 6) is 0.186. The molecule has 3 aromatic rings. The highest BCUT2D eigenvalue weighted by Crippen LogP contribution is 2.22. The predicted molar refractivity (Wildman–Crippen MR) is 97.3 cm³/mol. The zero-order valence-electron chi connectivity index (χ0n) is 14.6. The lowest BCUT2D eigenvalue weighted by molar-refractivity contribution is 0.158. The number of benzene rings is 1. The summed E-state index contributed by atoms with van der Waals surface area (Å²) >= 11 is 0. The molecule has 1 aromatic carbocycles. The summed E-state index contributed by atoms with van der Waals surface area (Å²) in [4.78, 5) is 19.1. The van der Waals surface area contributed by atoms with E-state index in [-0.39, 0.29) is 5.56 Å². The van der Waals surface area contributed by atoms with Crippen molar-refractivity contribution in [3.8, 4) is 0 Å². The Morgan fingerprint density at radius 1 is 1.19 bits per heavy atom. The minimum atomic E-state index is -0.390. The average Bonchev–Trinajstić information content (AvgIpc) is 2.97. The third-order valence-electron chi connectivity index (χ3n) is 5.17. The van der Waals surface area contributed by atoms with Gasteiger partial charge in [-0.25, -0.2) is 4.39 Å². The summed E-state index contributed by atoms with van der Waals surface area (Å²) in [5.41, 5.74) is 1.25. The van der Waals surface area contributed by atoms with Crippen molar-refractivity contribution in [1.29, 1.82) is 0 Å². The van der Waals surface area contributed by atoms with Crippen LogP contribution in [0.15, 0.2) is 51.9 Å². The molecule has 0 atom stereocenters. The van der Waals surface area contributed by atoms with Gasteiger partial charge in [-0.15, -0.1) is 0 Å². The normalized spacial score (nSPS) is 16.3. The van der Waals surface area contributed by atoms with Crippen LogP contribution in [0.1, 0.15) is 25.0 Å². The number of likely N-dealkylation sites (tertiary alicyclic amines) is 1. The Balaban J connectivity index is 1.31. The van der Waals surface area contributed by atoms with Crippen LogP contribution in [0.4, 0.5) is 4.39 Å². The number of hydrogen-bond donors (Lipinski definition) is 0. The van der Waals surface area contributed by atoms with Crippen molar-refractivity contribution in [3.63, 3.8) is 0 Å². The Labute approximate surface area is 151 Å². The molecule has 1 saturated heterocycles. The van der Waals surface area contributed by atoms with Gasteiger partial charge < -0.3 is 4.52 Å². The van der Waals surface area contributed by atoms with Gasteiger partial charge in [0.25, 0.3) is 5.56 Å². The van der Waals surface area contributed by atoms with E-state index >= 15 is 0 Å². The van der Waals surface area contributed by atoms with Gasteiger partial charge in [0.05, 0.1) is 17.6 Å². The smallest absolute Gasteiger partial charge is 0.290 e. The van der Waals surface area contributed by atoms with E-state index in [0.29, 0.717) is 23.4 Å². The van der Waals surface area contributed by atoms with Gasteiger partial charge in [0.1, 0.15) is 5.82 Å². The Morgan fingerprint density at radius 3 is 2.81 bits per heavy atom. The fraction of sp³-hybridized carbons (Fsp3) is 0.400. The summed E-state index contributed by atoms with van der Waals surface area (Å²) in [6, 6.07) is 10.1. The highest BCUT2D eigenvalue weighted by molar-refractivity contribution is 5.75. The number of aromatic nitrogens is 2. The summed E-state index contributed by atoms with van der Waals surface area (Å²) in [7, 11) is 0. The molecule has 5 nitrogen and oxygen atoms in total. The van der Waals surface area contributed by atoms with Crippen LogP contribution in [0.5, 0.6) is 0 Å². The van der Waals surface area contributed by atoms with Crippen molar-refractivity contribution >= 4 is 11.0 Å². The quantitative estimate of drug-likeness (QED) is 0.704.